The lowest BCUT2D eigenvalue weighted by Crippen LogP contribution is -2.37. The number of esters is 1. The van der Waals surface area contributed by atoms with Crippen LogP contribution in [0.3, 0.4) is 0 Å². The van der Waals surface area contributed by atoms with Crippen LogP contribution in [-0.4, -0.2) is 45.3 Å². The van der Waals surface area contributed by atoms with Gasteiger partial charge in [-0.2, -0.15) is 0 Å². The zero-order chi connectivity index (χ0) is 15.8. The molecule has 0 aromatic heterocycles. The number of carbonyl (C=O) groups is 3. The fourth-order valence-electron chi connectivity index (χ4n) is 1.71. The van der Waals surface area contributed by atoms with E-state index in [2.05, 4.69) is 14.8 Å². The van der Waals surface area contributed by atoms with Crippen LogP contribution in [0.25, 0.3) is 0 Å². The van der Waals surface area contributed by atoms with E-state index in [1.807, 2.05) is 0 Å². The molecule has 0 radical (unpaired) electrons. The zero-order valence-corrected chi connectivity index (χ0v) is 12.2. The van der Waals surface area contributed by atoms with E-state index in [4.69, 9.17) is 0 Å². The lowest BCUT2D eigenvalue weighted by Gasteiger charge is -2.21. The second-order valence-electron chi connectivity index (χ2n) is 4.13. The van der Waals surface area contributed by atoms with E-state index in [0.29, 0.717) is 17.8 Å². The topological polar surface area (TPSA) is 84.9 Å². The Balaban J connectivity index is 2.74. The zero-order valence-electron chi connectivity index (χ0n) is 12.2. The third kappa shape index (κ3) is 4.79. The Bertz CT molecular complexity index is 513. The summed E-state index contributed by atoms with van der Waals surface area (Å²) in [6.45, 7) is 1.97. The van der Waals surface area contributed by atoms with Crippen molar-refractivity contribution < 1.29 is 23.9 Å². The average Bonchev–Trinajstić information content (AvgIpc) is 2.50. The molecule has 0 spiro atoms. The number of nitrogens with zero attached hydrogens (tertiary/aromatic N) is 1. The van der Waals surface area contributed by atoms with Crippen LogP contribution in [0.1, 0.15) is 17.3 Å². The molecule has 0 atom stereocenters. The highest BCUT2D eigenvalue weighted by atomic mass is 16.5. The molecule has 0 saturated carbocycles. The summed E-state index contributed by atoms with van der Waals surface area (Å²) in [5.74, 6) is -0.615. The first kappa shape index (κ1) is 16.5. The molecular weight excluding hydrogens is 276 g/mol. The Kier molecular flexibility index (Phi) is 6.19. The van der Waals surface area contributed by atoms with Crippen LogP contribution < -0.4 is 10.2 Å². The second kappa shape index (κ2) is 7.88. The fourth-order valence-corrected chi connectivity index (χ4v) is 1.71. The number of alkyl carbamates (subject to hydrolysis) is 1. The van der Waals surface area contributed by atoms with Crippen LogP contribution in [-0.2, 0) is 14.3 Å². The number of hydrogen-bond donors (Lipinski definition) is 1. The molecule has 1 rings (SSSR count). The molecule has 0 heterocycles. The van der Waals surface area contributed by atoms with E-state index in [9.17, 15) is 14.4 Å². The first-order chi connectivity index (χ1) is 9.99. The molecule has 0 saturated heterocycles. The number of rotatable bonds is 5. The molecule has 0 bridgehead atoms. The van der Waals surface area contributed by atoms with Gasteiger partial charge in [0.15, 0.2) is 0 Å². The van der Waals surface area contributed by atoms with E-state index in [1.165, 1.54) is 26.0 Å². The van der Waals surface area contributed by atoms with Crippen molar-refractivity contribution in [3.63, 3.8) is 0 Å². The van der Waals surface area contributed by atoms with E-state index >= 15 is 0 Å². The summed E-state index contributed by atoms with van der Waals surface area (Å²) >= 11 is 0. The Morgan fingerprint density at radius 2 is 1.71 bits per heavy atom. The molecule has 7 nitrogen and oxygen atoms in total. The summed E-state index contributed by atoms with van der Waals surface area (Å²) < 4.78 is 9.05. The van der Waals surface area contributed by atoms with E-state index in [0.717, 1.165) is 0 Å². The molecule has 1 N–H and O–H groups in total. The number of carbonyl (C=O) groups excluding carboxylic acids is 3. The fraction of sp³-hybridized carbons (Fsp3) is 0.357. The number of amides is 2. The van der Waals surface area contributed by atoms with Gasteiger partial charge in [-0.05, 0) is 24.3 Å². The van der Waals surface area contributed by atoms with Crippen LogP contribution in [0, 0.1) is 0 Å². The average molecular weight is 294 g/mol. The highest BCUT2D eigenvalue weighted by Gasteiger charge is 2.13. The summed E-state index contributed by atoms with van der Waals surface area (Å²) in [4.78, 5) is 35.4. The van der Waals surface area contributed by atoms with Gasteiger partial charge >= 0.3 is 12.1 Å². The highest BCUT2D eigenvalue weighted by Crippen LogP contribution is 2.15. The lowest BCUT2D eigenvalue weighted by molar-refractivity contribution is -0.116. The smallest absolute Gasteiger partial charge is 0.406 e. The quantitative estimate of drug-likeness (QED) is 0.824. The van der Waals surface area contributed by atoms with Gasteiger partial charge < -0.3 is 19.7 Å². The van der Waals surface area contributed by atoms with Gasteiger partial charge in [0.2, 0.25) is 5.91 Å². The molecule has 21 heavy (non-hydrogen) atoms. The Labute approximate surface area is 122 Å². The molecule has 7 heteroatoms. The summed E-state index contributed by atoms with van der Waals surface area (Å²) in [6, 6.07) is 6.44. The van der Waals surface area contributed by atoms with Gasteiger partial charge in [0.05, 0.1) is 19.8 Å². The maximum Gasteiger partial charge on any atom is 0.406 e. The van der Waals surface area contributed by atoms with Crippen LogP contribution in [0.15, 0.2) is 24.3 Å². The van der Waals surface area contributed by atoms with Crippen LogP contribution in [0.5, 0.6) is 0 Å². The maximum absolute atomic E-state index is 11.7. The summed E-state index contributed by atoms with van der Waals surface area (Å²) in [7, 11) is 2.57. The van der Waals surface area contributed by atoms with Gasteiger partial charge in [-0.3, -0.25) is 4.79 Å². The van der Waals surface area contributed by atoms with Gasteiger partial charge in [0, 0.05) is 25.7 Å². The Hall–Kier alpha value is -2.57. The molecule has 0 unspecified atom stereocenters. The van der Waals surface area contributed by atoms with Crippen molar-refractivity contribution in [2.24, 2.45) is 0 Å². The van der Waals surface area contributed by atoms with Crippen molar-refractivity contribution >= 4 is 23.7 Å². The third-order valence-electron chi connectivity index (χ3n) is 2.77. The minimum absolute atomic E-state index is 0.174. The molecule has 1 aromatic rings. The van der Waals surface area contributed by atoms with Gasteiger partial charge in [-0.15, -0.1) is 0 Å². The number of hydrogen-bond acceptors (Lipinski definition) is 5. The predicted octanol–water partition coefficient (Wildman–Crippen LogP) is 1.18. The molecule has 1 aromatic carbocycles. The van der Waals surface area contributed by atoms with Gasteiger partial charge in [-0.1, -0.05) is 0 Å². The predicted molar refractivity (Wildman–Crippen MR) is 76.2 cm³/mol. The van der Waals surface area contributed by atoms with Gasteiger partial charge in [-0.25, -0.2) is 9.59 Å². The highest BCUT2D eigenvalue weighted by molar-refractivity contribution is 5.93. The molecule has 2 amide bonds. The normalized spacial score (nSPS) is 9.67. The standard InChI is InChI=1S/C14H18N2O5/c1-10(17)16(9-8-15-14(19)21-3)12-6-4-11(5-7-12)13(18)20-2/h4-7H,8-9H2,1-3H3,(H,15,19). The van der Waals surface area contributed by atoms with Crippen molar-refractivity contribution in [1.82, 2.24) is 5.32 Å². The Morgan fingerprint density at radius 3 is 2.19 bits per heavy atom. The minimum Gasteiger partial charge on any atom is -0.465 e. The number of benzene rings is 1. The maximum atomic E-state index is 11.7. The summed E-state index contributed by atoms with van der Waals surface area (Å²) in [6.07, 6.45) is -0.556. The number of methoxy groups -OCH3 is 2. The molecule has 0 aliphatic heterocycles. The van der Waals surface area contributed by atoms with Crippen molar-refractivity contribution in [2.75, 3.05) is 32.2 Å². The Morgan fingerprint density at radius 1 is 1.10 bits per heavy atom. The first-order valence-corrected chi connectivity index (χ1v) is 6.28. The summed E-state index contributed by atoms with van der Waals surface area (Å²) in [5, 5.41) is 2.50. The molecule has 114 valence electrons. The van der Waals surface area contributed by atoms with Gasteiger partial charge in [0.25, 0.3) is 0 Å². The minimum atomic E-state index is -0.556. The SMILES string of the molecule is COC(=O)NCCN(C(C)=O)c1ccc(C(=O)OC)cc1. The first-order valence-electron chi connectivity index (χ1n) is 6.28. The molecule has 0 fully saturated rings. The van der Waals surface area contributed by atoms with Crippen LogP contribution in [0.2, 0.25) is 0 Å². The van der Waals surface area contributed by atoms with Crippen molar-refractivity contribution in [2.45, 2.75) is 6.92 Å². The number of ether oxygens (including phenoxy) is 2. The monoisotopic (exact) mass is 294 g/mol. The molecule has 0 aliphatic rings. The van der Waals surface area contributed by atoms with E-state index < -0.39 is 12.1 Å². The third-order valence-corrected chi connectivity index (χ3v) is 2.77. The van der Waals surface area contributed by atoms with Crippen LogP contribution in [0.4, 0.5) is 10.5 Å². The second-order valence-corrected chi connectivity index (χ2v) is 4.13. The van der Waals surface area contributed by atoms with Crippen molar-refractivity contribution in [1.29, 1.82) is 0 Å². The van der Waals surface area contributed by atoms with Crippen LogP contribution >= 0.6 is 0 Å². The van der Waals surface area contributed by atoms with E-state index in [-0.39, 0.29) is 12.5 Å². The van der Waals surface area contributed by atoms with Crippen molar-refractivity contribution in [3.05, 3.63) is 29.8 Å². The lowest BCUT2D eigenvalue weighted by atomic mass is 10.2. The summed E-state index contributed by atoms with van der Waals surface area (Å²) in [5.41, 5.74) is 1.03. The van der Waals surface area contributed by atoms with Crippen molar-refractivity contribution in [3.8, 4) is 0 Å². The number of anilines is 1. The molecule has 0 aliphatic carbocycles. The molecular formula is C14H18N2O5. The van der Waals surface area contributed by atoms with E-state index in [1.54, 1.807) is 24.3 Å². The largest absolute Gasteiger partial charge is 0.465 e. The number of nitrogens with one attached hydrogen (secondary N) is 1. The van der Waals surface area contributed by atoms with Gasteiger partial charge in [0.1, 0.15) is 0 Å².